The Bertz CT molecular complexity index is 97.7. The van der Waals surface area contributed by atoms with E-state index >= 15 is 0 Å². The lowest BCUT2D eigenvalue weighted by Crippen LogP contribution is -2.26. The van der Waals surface area contributed by atoms with Gasteiger partial charge in [0.25, 0.3) is 0 Å². The van der Waals surface area contributed by atoms with Gasteiger partial charge in [-0.1, -0.05) is 13.8 Å². The lowest BCUT2D eigenvalue weighted by molar-refractivity contribution is 0.0392. The summed E-state index contributed by atoms with van der Waals surface area (Å²) in [7, 11) is 1.71. The molecule has 2 unspecified atom stereocenters. The van der Waals surface area contributed by atoms with Gasteiger partial charge in [0.15, 0.2) is 0 Å². The molecule has 0 aliphatic carbocycles. The molecule has 0 bridgehead atoms. The van der Waals surface area contributed by atoms with Gasteiger partial charge < -0.3 is 9.84 Å². The van der Waals surface area contributed by atoms with Crippen LogP contribution in [0.5, 0.6) is 0 Å². The molecule has 2 atom stereocenters. The van der Waals surface area contributed by atoms with Crippen molar-refractivity contribution in [1.29, 1.82) is 0 Å². The molecule has 0 aliphatic rings. The second kappa shape index (κ2) is 4.73. The highest BCUT2D eigenvalue weighted by Crippen LogP contribution is 2.27. The minimum atomic E-state index is 0.0371. The van der Waals surface area contributed by atoms with Crippen molar-refractivity contribution < 1.29 is 9.84 Å². The van der Waals surface area contributed by atoms with E-state index in [9.17, 15) is 0 Å². The zero-order valence-corrected chi connectivity index (χ0v) is 8.05. The van der Waals surface area contributed by atoms with E-state index in [0.29, 0.717) is 0 Å². The third-order valence-corrected chi connectivity index (χ3v) is 2.42. The van der Waals surface area contributed by atoms with Crippen molar-refractivity contribution in [1.82, 2.24) is 0 Å². The minimum Gasteiger partial charge on any atom is -0.396 e. The summed E-state index contributed by atoms with van der Waals surface area (Å²) in [5.74, 6) is 0. The fourth-order valence-electron chi connectivity index (χ4n) is 1.10. The zero-order valence-electron chi connectivity index (χ0n) is 8.05. The Labute approximate surface area is 69.6 Å². The van der Waals surface area contributed by atoms with E-state index in [0.717, 1.165) is 12.8 Å². The number of methoxy groups -OCH3 is 1. The highest BCUT2D eigenvalue weighted by molar-refractivity contribution is 4.74. The van der Waals surface area contributed by atoms with Crippen LogP contribution in [0.4, 0.5) is 0 Å². The molecule has 2 nitrogen and oxygen atoms in total. The third-order valence-electron chi connectivity index (χ3n) is 2.42. The maximum Gasteiger partial charge on any atom is 0.0549 e. The molecule has 0 saturated heterocycles. The van der Waals surface area contributed by atoms with E-state index in [1.807, 2.05) is 6.92 Å². The molecule has 0 radical (unpaired) electrons. The maximum atomic E-state index is 9.07. The van der Waals surface area contributed by atoms with E-state index in [2.05, 4.69) is 13.8 Å². The molecule has 0 saturated carbocycles. The van der Waals surface area contributed by atoms with Gasteiger partial charge in [-0.2, -0.15) is 0 Å². The monoisotopic (exact) mass is 160 g/mol. The summed E-state index contributed by atoms with van der Waals surface area (Å²) in [6, 6.07) is 0. The molecule has 0 rings (SSSR count). The van der Waals surface area contributed by atoms with E-state index in [-0.39, 0.29) is 18.1 Å². The first-order valence-electron chi connectivity index (χ1n) is 4.21. The Morgan fingerprint density at radius 3 is 2.36 bits per heavy atom. The molecule has 11 heavy (non-hydrogen) atoms. The average Bonchev–Trinajstić information content (AvgIpc) is 2.04. The smallest absolute Gasteiger partial charge is 0.0549 e. The molecule has 0 aliphatic heterocycles. The number of hydrogen-bond donors (Lipinski definition) is 1. The van der Waals surface area contributed by atoms with E-state index in [1.165, 1.54) is 0 Å². The fourth-order valence-corrected chi connectivity index (χ4v) is 1.10. The average molecular weight is 160 g/mol. The molecular weight excluding hydrogens is 140 g/mol. The Kier molecular flexibility index (Phi) is 4.69. The molecule has 1 N–H and O–H groups in total. The van der Waals surface area contributed by atoms with E-state index < -0.39 is 0 Å². The van der Waals surface area contributed by atoms with E-state index in [4.69, 9.17) is 9.84 Å². The van der Waals surface area contributed by atoms with Gasteiger partial charge in [-0.25, -0.2) is 0 Å². The van der Waals surface area contributed by atoms with Crippen LogP contribution in [-0.4, -0.2) is 24.9 Å². The fraction of sp³-hybridized carbons (Fsp3) is 1.00. The van der Waals surface area contributed by atoms with Gasteiger partial charge in [0.2, 0.25) is 0 Å². The first kappa shape index (κ1) is 10.9. The molecule has 2 heteroatoms. The quantitative estimate of drug-likeness (QED) is 0.664. The predicted octanol–water partition coefficient (Wildman–Crippen LogP) is 1.82. The molecule has 68 valence electrons. The molecule has 0 aromatic carbocycles. The van der Waals surface area contributed by atoms with Crippen LogP contribution in [0.1, 0.15) is 33.6 Å². The molecule has 0 aromatic rings. The summed E-state index contributed by atoms with van der Waals surface area (Å²) in [4.78, 5) is 0. The maximum absolute atomic E-state index is 9.07. The minimum absolute atomic E-state index is 0.0371. The Morgan fingerprint density at radius 2 is 2.09 bits per heavy atom. The lowest BCUT2D eigenvalue weighted by Gasteiger charge is -2.28. The summed E-state index contributed by atoms with van der Waals surface area (Å²) in [6.07, 6.45) is 2.17. The van der Waals surface area contributed by atoms with Crippen LogP contribution in [0.25, 0.3) is 0 Å². The van der Waals surface area contributed by atoms with Gasteiger partial charge in [-0.05, 0) is 25.2 Å². The summed E-state index contributed by atoms with van der Waals surface area (Å²) < 4.78 is 5.14. The van der Waals surface area contributed by atoms with Crippen LogP contribution in [0.2, 0.25) is 0 Å². The van der Waals surface area contributed by atoms with E-state index in [1.54, 1.807) is 7.11 Å². The van der Waals surface area contributed by atoms with Gasteiger partial charge in [0, 0.05) is 13.7 Å². The number of aliphatic hydroxyl groups is 1. The number of aliphatic hydroxyl groups excluding tert-OH is 1. The molecule has 0 aromatic heterocycles. The number of hydrogen-bond acceptors (Lipinski definition) is 2. The van der Waals surface area contributed by atoms with Gasteiger partial charge in [0.05, 0.1) is 6.10 Å². The largest absolute Gasteiger partial charge is 0.396 e. The van der Waals surface area contributed by atoms with Crippen molar-refractivity contribution >= 4 is 0 Å². The number of ether oxygens (including phenoxy) is 1. The lowest BCUT2D eigenvalue weighted by atomic mass is 9.83. The van der Waals surface area contributed by atoms with Crippen molar-refractivity contribution in [3.8, 4) is 0 Å². The second-order valence-corrected chi connectivity index (χ2v) is 3.57. The van der Waals surface area contributed by atoms with Crippen molar-refractivity contribution in [3.05, 3.63) is 0 Å². The topological polar surface area (TPSA) is 29.5 Å². The molecule has 0 spiro atoms. The van der Waals surface area contributed by atoms with Crippen LogP contribution < -0.4 is 0 Å². The highest BCUT2D eigenvalue weighted by atomic mass is 16.5. The summed E-state index contributed by atoms with van der Waals surface area (Å²) in [6.45, 7) is 6.46. The van der Waals surface area contributed by atoms with Gasteiger partial charge in [-0.15, -0.1) is 0 Å². The third kappa shape index (κ3) is 3.73. The van der Waals surface area contributed by atoms with Crippen LogP contribution >= 0.6 is 0 Å². The Balaban J connectivity index is 3.86. The molecule has 0 fully saturated rings. The van der Waals surface area contributed by atoms with Crippen molar-refractivity contribution in [2.75, 3.05) is 13.7 Å². The first-order valence-corrected chi connectivity index (χ1v) is 4.21. The van der Waals surface area contributed by atoms with Crippen LogP contribution in [0.15, 0.2) is 0 Å². The van der Waals surface area contributed by atoms with Crippen molar-refractivity contribution in [2.24, 2.45) is 5.41 Å². The van der Waals surface area contributed by atoms with Crippen molar-refractivity contribution in [3.63, 3.8) is 0 Å². The first-order chi connectivity index (χ1) is 5.08. The van der Waals surface area contributed by atoms with Crippen LogP contribution in [0, 0.1) is 5.41 Å². The second-order valence-electron chi connectivity index (χ2n) is 3.57. The number of rotatable bonds is 5. The van der Waals surface area contributed by atoms with Crippen LogP contribution in [-0.2, 0) is 4.74 Å². The molecule has 0 amide bonds. The Morgan fingerprint density at radius 1 is 1.55 bits per heavy atom. The van der Waals surface area contributed by atoms with Gasteiger partial charge in [0.1, 0.15) is 0 Å². The summed E-state index contributed by atoms with van der Waals surface area (Å²) in [5, 5.41) is 9.07. The SMILES string of the molecule is CCC(C)(CO)CC(C)OC. The van der Waals surface area contributed by atoms with Crippen molar-refractivity contribution in [2.45, 2.75) is 39.7 Å². The standard InChI is InChI=1S/C9H20O2/c1-5-9(3,7-10)6-8(2)11-4/h8,10H,5-7H2,1-4H3. The summed E-state index contributed by atoms with van der Waals surface area (Å²) >= 11 is 0. The van der Waals surface area contributed by atoms with Gasteiger partial charge >= 0.3 is 0 Å². The zero-order chi connectivity index (χ0) is 8.91. The van der Waals surface area contributed by atoms with Crippen LogP contribution in [0.3, 0.4) is 0 Å². The van der Waals surface area contributed by atoms with Gasteiger partial charge in [-0.3, -0.25) is 0 Å². The normalized spacial score (nSPS) is 19.4. The molecule has 0 heterocycles. The summed E-state index contributed by atoms with van der Waals surface area (Å²) in [5.41, 5.74) is 0.0371. The molecular formula is C9H20O2. The Hall–Kier alpha value is -0.0800. The highest BCUT2D eigenvalue weighted by Gasteiger charge is 2.23. The predicted molar refractivity (Wildman–Crippen MR) is 46.6 cm³/mol.